The molecule has 4 aliphatic heterocycles. The van der Waals surface area contributed by atoms with Crippen LogP contribution in [0, 0.1) is 104 Å². The van der Waals surface area contributed by atoms with Crippen LogP contribution in [0.4, 0.5) is 0 Å². The Labute approximate surface area is 746 Å². The van der Waals surface area contributed by atoms with Gasteiger partial charge >= 0.3 is 34.4 Å². The normalized spacial score (nSPS) is 34.4. The molecule has 8 aliphatic carbocycles. The zero-order valence-electron chi connectivity index (χ0n) is 78.8. The largest absolute Gasteiger partial charge is 0.332 e. The van der Waals surface area contributed by atoms with Gasteiger partial charge in [0.25, 0.3) is 0 Å². The standard InChI is InChI=1S/C53H94O6P2.C53H70O6P2/c2*1-49(2,39-21-13-9-14-22-39)43-29-31-47(45(33-43)51(5,6)41-25-17-11-18-26-41)58-60-54-35-53(36-55-60)37-56-61(57-38-53)59-48-32-30-44(50(3,4)40-23-15-10-16-24-40)34-46(48)52(7,8)42-27-19-12-20-28-42/h39-48H,9-38H2,1-8H3;9-28,43-48H,29-38H2,1-8H3. The molecule has 4 saturated heterocycles. The first-order chi connectivity index (χ1) is 58.4. The molecule has 12 aliphatic rings. The minimum atomic E-state index is -1.51. The molecule has 16 rings (SSSR count). The van der Waals surface area contributed by atoms with Crippen molar-refractivity contribution >= 4 is 34.4 Å². The predicted octanol–water partition coefficient (Wildman–Crippen LogP) is 30.6. The van der Waals surface area contributed by atoms with Gasteiger partial charge in [-0.2, -0.15) is 0 Å². The van der Waals surface area contributed by atoms with Gasteiger partial charge in [0.05, 0.1) is 88.1 Å². The van der Waals surface area contributed by atoms with Gasteiger partial charge in [0.15, 0.2) is 0 Å². The Kier molecular flexibility index (Phi) is 31.6. The van der Waals surface area contributed by atoms with Crippen molar-refractivity contribution in [1.82, 2.24) is 0 Å². The van der Waals surface area contributed by atoms with Crippen LogP contribution in [0.1, 0.15) is 338 Å². The number of hydrogen-bond donors (Lipinski definition) is 0. The van der Waals surface area contributed by atoms with Crippen LogP contribution < -0.4 is 0 Å². The topological polar surface area (TPSA) is 111 Å². The molecule has 4 heterocycles. The molecular weight excluding hydrogens is 1590 g/mol. The molecule has 12 unspecified atom stereocenters. The summed E-state index contributed by atoms with van der Waals surface area (Å²) in [6, 6.07) is 44.0. The lowest BCUT2D eigenvalue weighted by Gasteiger charge is -2.54. The quantitative estimate of drug-likeness (QED) is 0.0623. The first-order valence-electron chi connectivity index (χ1n) is 49.5. The molecule has 12 atom stereocenters. The lowest BCUT2D eigenvalue weighted by atomic mass is 9.54. The van der Waals surface area contributed by atoms with Crippen LogP contribution in [0.3, 0.4) is 0 Å². The average Bonchev–Trinajstić information content (AvgIpc) is 0.771. The molecule has 12 nitrogen and oxygen atoms in total. The molecule has 16 heteroatoms. The molecule has 0 N–H and O–H groups in total. The van der Waals surface area contributed by atoms with Gasteiger partial charge in [-0.25, -0.2) is 0 Å². The van der Waals surface area contributed by atoms with Gasteiger partial charge in [0.1, 0.15) is 0 Å². The maximum Gasteiger partial charge on any atom is 0.332 e. The Balaban J connectivity index is 0.000000190. The van der Waals surface area contributed by atoms with E-state index in [2.05, 4.69) is 232 Å². The summed E-state index contributed by atoms with van der Waals surface area (Å²) >= 11 is 0. The van der Waals surface area contributed by atoms with E-state index in [1.54, 1.807) is 0 Å². The highest BCUT2D eigenvalue weighted by Gasteiger charge is 2.57. The van der Waals surface area contributed by atoms with Crippen LogP contribution in [0.15, 0.2) is 121 Å². The van der Waals surface area contributed by atoms with Crippen molar-refractivity contribution in [2.45, 2.75) is 362 Å². The van der Waals surface area contributed by atoms with Gasteiger partial charge < -0.3 is 54.3 Å². The van der Waals surface area contributed by atoms with E-state index >= 15 is 0 Å². The smallest absolute Gasteiger partial charge is 0.311 e. The maximum atomic E-state index is 7.07. The molecule has 680 valence electrons. The van der Waals surface area contributed by atoms with E-state index in [0.717, 1.165) is 86.9 Å². The minimum absolute atomic E-state index is 0.0275. The van der Waals surface area contributed by atoms with Crippen LogP contribution in [-0.4, -0.2) is 77.3 Å². The van der Waals surface area contributed by atoms with Crippen LogP contribution in [0.2, 0.25) is 0 Å². The SMILES string of the molecule is CC(C)(C1CCCCC1)C1CCC(OP2OCC3(CO2)COP(OC2CCC(C(C)(C)C4CCCCC4)CC2C(C)(C)C2CCCCC2)OC3)C(C(C)(C)C2CCCCC2)C1.CC(C)(c1ccccc1)C1CCC(OP2OCC3(CO2)COP(OC2CCC(C(C)(C)c4ccccc4)CC2C(C)(C)c2ccccc2)OC3)C(C(C)(C)c2ccccc2)C1. The van der Waals surface area contributed by atoms with Crippen molar-refractivity contribution in [3.05, 3.63) is 144 Å². The lowest BCUT2D eigenvalue weighted by molar-refractivity contribution is -0.109. The average molecular weight is 1750 g/mol. The summed E-state index contributed by atoms with van der Waals surface area (Å²) < 4.78 is 80.4. The maximum absolute atomic E-state index is 7.07. The Bertz CT molecular complexity index is 3550. The molecule has 0 radical (unpaired) electrons. The van der Waals surface area contributed by atoms with E-state index in [-0.39, 0.29) is 67.7 Å². The fourth-order valence-corrected chi connectivity index (χ4v) is 32.4. The highest BCUT2D eigenvalue weighted by molar-refractivity contribution is 7.42. The van der Waals surface area contributed by atoms with Crippen molar-refractivity contribution in [2.24, 2.45) is 104 Å². The highest BCUT2D eigenvalue weighted by Crippen LogP contribution is 2.65. The monoisotopic (exact) mass is 1750 g/mol. The molecule has 122 heavy (non-hydrogen) atoms. The molecule has 4 aromatic rings. The van der Waals surface area contributed by atoms with E-state index in [1.165, 1.54) is 176 Å². The molecule has 8 saturated carbocycles. The Hall–Kier alpha value is -1.88. The zero-order chi connectivity index (χ0) is 85.8. The fourth-order valence-electron chi connectivity index (χ4n) is 26.7. The summed E-state index contributed by atoms with van der Waals surface area (Å²) in [6.45, 7) is 44.4. The molecule has 12 fully saturated rings. The van der Waals surface area contributed by atoms with Crippen LogP contribution >= 0.6 is 34.4 Å². The molecular formula is C106H164O12P4. The van der Waals surface area contributed by atoms with Crippen molar-refractivity contribution < 1.29 is 54.3 Å². The first-order valence-corrected chi connectivity index (χ1v) is 53.9. The zero-order valence-corrected chi connectivity index (χ0v) is 82.3. The second-order valence-corrected chi connectivity index (χ2v) is 50.8. The molecule has 0 aromatic heterocycles. The van der Waals surface area contributed by atoms with Crippen molar-refractivity contribution in [2.75, 3.05) is 52.9 Å². The summed E-state index contributed by atoms with van der Waals surface area (Å²) in [4.78, 5) is 0. The molecule has 0 amide bonds. The summed E-state index contributed by atoms with van der Waals surface area (Å²) in [7, 11) is -5.81. The summed E-state index contributed by atoms with van der Waals surface area (Å²) in [5.41, 5.74) is 6.00. The van der Waals surface area contributed by atoms with Crippen molar-refractivity contribution in [1.29, 1.82) is 0 Å². The first kappa shape index (κ1) is 94.8. The van der Waals surface area contributed by atoms with E-state index in [0.29, 0.717) is 99.2 Å². The third kappa shape index (κ3) is 21.6. The van der Waals surface area contributed by atoms with Crippen LogP contribution in [0.25, 0.3) is 0 Å². The summed E-state index contributed by atoms with van der Waals surface area (Å²) in [5.74, 6) is 7.52. The van der Waals surface area contributed by atoms with E-state index in [9.17, 15) is 0 Å². The number of rotatable bonds is 24. The van der Waals surface area contributed by atoms with Gasteiger partial charge in [-0.1, -0.05) is 309 Å². The second kappa shape index (κ2) is 40.7. The highest BCUT2D eigenvalue weighted by atomic mass is 31.2. The third-order valence-electron chi connectivity index (χ3n) is 36.5. The fraction of sp³-hybridized carbons (Fsp3) is 0.774. The summed E-state index contributed by atoms with van der Waals surface area (Å²) in [6.07, 6.45) is 42.3. The molecule has 0 bridgehead atoms. The van der Waals surface area contributed by atoms with Crippen molar-refractivity contribution in [3.63, 3.8) is 0 Å². The Morgan fingerprint density at radius 1 is 0.221 bits per heavy atom. The Morgan fingerprint density at radius 2 is 0.426 bits per heavy atom. The van der Waals surface area contributed by atoms with E-state index < -0.39 is 34.4 Å². The van der Waals surface area contributed by atoms with Gasteiger partial charge in [-0.3, -0.25) is 0 Å². The minimum Gasteiger partial charge on any atom is -0.311 e. The second-order valence-electron chi connectivity index (χ2n) is 46.1. The van der Waals surface area contributed by atoms with Gasteiger partial charge in [-0.15, -0.1) is 0 Å². The molecule has 4 aromatic carbocycles. The van der Waals surface area contributed by atoms with E-state index in [4.69, 9.17) is 54.3 Å². The predicted molar refractivity (Wildman–Crippen MR) is 502 cm³/mol. The van der Waals surface area contributed by atoms with Gasteiger partial charge in [0.2, 0.25) is 0 Å². The number of benzene rings is 4. The van der Waals surface area contributed by atoms with E-state index in [1.807, 2.05) is 0 Å². The van der Waals surface area contributed by atoms with Crippen molar-refractivity contribution in [3.8, 4) is 0 Å². The third-order valence-corrected chi connectivity index (χ3v) is 40.9. The number of hydrogen-bond acceptors (Lipinski definition) is 12. The molecule has 2 spiro atoms. The summed E-state index contributed by atoms with van der Waals surface area (Å²) in [5, 5.41) is 0. The van der Waals surface area contributed by atoms with Crippen LogP contribution in [0.5, 0.6) is 0 Å². The van der Waals surface area contributed by atoms with Crippen LogP contribution in [-0.2, 0) is 75.9 Å². The Morgan fingerprint density at radius 3 is 0.672 bits per heavy atom. The van der Waals surface area contributed by atoms with Gasteiger partial charge in [0, 0.05) is 0 Å². The van der Waals surface area contributed by atoms with Gasteiger partial charge in [-0.05, 0) is 265 Å². The lowest BCUT2D eigenvalue weighted by Crippen LogP contribution is -2.49.